The Labute approximate surface area is 406 Å². The molecule has 14 nitrogen and oxygen atoms in total. The average molecular weight is 961 g/mol. The number of guanidine groups is 1. The standard InChI is InChI=1S/C51H65N7O7.2ClH/c1-33(2)26-29-63-43-23-21-36-16-8-10-18-38(36)46(43)47-39-19-11-9-17-37(39)22-24-44(47)64-32-45(59)56-40(20-12-13-27-52)48(60)57-41(25-28-55-51(53)54)49(61)58-42(30-34(3)4)50(62)65-31-35-14-6-5-7-15-35;;/h5-11,14-19,21-24,33-34,40-42H,12-13,20,25-32,52H2,1-4H3,(H,56,59)(H,57,60)(H,58,61)(H4,53,54,55);2*1H/t40-,41-,42+;;/m1../s1. The van der Waals surface area contributed by atoms with Crippen LogP contribution in [-0.2, 0) is 30.5 Å². The number of nitrogens with two attached hydrogens (primary N) is 3. The molecule has 0 spiro atoms. The molecule has 9 N–H and O–H groups in total. The molecule has 5 aromatic carbocycles. The normalized spacial score (nSPS) is 12.2. The number of unbranched alkanes of at least 4 members (excludes halogenated alkanes) is 1. The van der Waals surface area contributed by atoms with E-state index in [0.29, 0.717) is 43.4 Å². The fourth-order valence-corrected chi connectivity index (χ4v) is 7.46. The zero-order valence-corrected chi connectivity index (χ0v) is 40.5. The molecular formula is C51H67Cl2N7O7. The monoisotopic (exact) mass is 959 g/mol. The van der Waals surface area contributed by atoms with Crippen molar-refractivity contribution < 1.29 is 33.4 Å². The van der Waals surface area contributed by atoms with Crippen molar-refractivity contribution in [2.75, 3.05) is 26.3 Å². The van der Waals surface area contributed by atoms with E-state index in [4.69, 9.17) is 31.4 Å². The lowest BCUT2D eigenvalue weighted by atomic mass is 9.92. The van der Waals surface area contributed by atoms with E-state index in [2.05, 4.69) is 40.9 Å². The van der Waals surface area contributed by atoms with Gasteiger partial charge in [0, 0.05) is 17.7 Å². The van der Waals surface area contributed by atoms with Crippen LogP contribution in [0.5, 0.6) is 11.5 Å². The Bertz CT molecular complexity index is 2400. The lowest BCUT2D eigenvalue weighted by Gasteiger charge is -2.25. The van der Waals surface area contributed by atoms with Crippen molar-refractivity contribution >= 4 is 76.0 Å². The van der Waals surface area contributed by atoms with Gasteiger partial charge in [0.2, 0.25) is 11.8 Å². The summed E-state index contributed by atoms with van der Waals surface area (Å²) in [5.74, 6) is -0.964. The highest BCUT2D eigenvalue weighted by atomic mass is 35.5. The number of hydrogen-bond donors (Lipinski definition) is 6. The topological polar surface area (TPSA) is 222 Å². The molecule has 0 saturated heterocycles. The van der Waals surface area contributed by atoms with Gasteiger partial charge in [0.15, 0.2) is 12.6 Å². The van der Waals surface area contributed by atoms with Crippen LogP contribution in [-0.4, -0.2) is 74.1 Å². The zero-order chi connectivity index (χ0) is 46.7. The number of benzene rings is 5. The van der Waals surface area contributed by atoms with Crippen LogP contribution in [0.25, 0.3) is 32.7 Å². The first-order valence-corrected chi connectivity index (χ1v) is 22.5. The third-order valence-electron chi connectivity index (χ3n) is 10.8. The van der Waals surface area contributed by atoms with Gasteiger partial charge in [-0.15, -0.1) is 24.8 Å². The fraction of sp³-hybridized carbons (Fsp3) is 0.392. The smallest absolute Gasteiger partial charge is 0.328 e. The quantitative estimate of drug-likeness (QED) is 0.0148. The van der Waals surface area contributed by atoms with Gasteiger partial charge in [-0.2, -0.15) is 0 Å². The van der Waals surface area contributed by atoms with Crippen LogP contribution in [0.2, 0.25) is 0 Å². The van der Waals surface area contributed by atoms with Gasteiger partial charge in [-0.1, -0.05) is 119 Å². The second-order valence-electron chi connectivity index (χ2n) is 17.0. The van der Waals surface area contributed by atoms with Crippen LogP contribution in [0, 0.1) is 11.8 Å². The molecule has 16 heteroatoms. The van der Waals surface area contributed by atoms with Crippen LogP contribution in [0.4, 0.5) is 0 Å². The second kappa shape index (κ2) is 28.2. The molecule has 5 aromatic rings. The Hall–Kier alpha value is -6.09. The highest BCUT2D eigenvalue weighted by Crippen LogP contribution is 2.45. The molecule has 0 aliphatic carbocycles. The molecule has 67 heavy (non-hydrogen) atoms. The predicted molar refractivity (Wildman–Crippen MR) is 272 cm³/mol. The lowest BCUT2D eigenvalue weighted by Crippen LogP contribution is -2.56. The highest BCUT2D eigenvalue weighted by molar-refractivity contribution is 6.10. The Kier molecular flexibility index (Phi) is 23.2. The fourth-order valence-electron chi connectivity index (χ4n) is 7.46. The van der Waals surface area contributed by atoms with E-state index in [0.717, 1.165) is 44.7 Å². The minimum Gasteiger partial charge on any atom is -0.493 e. The molecule has 5 rings (SSSR count). The van der Waals surface area contributed by atoms with Crippen molar-refractivity contribution in [1.82, 2.24) is 16.0 Å². The summed E-state index contributed by atoms with van der Waals surface area (Å²) in [6.07, 6.45) is 2.50. The first-order chi connectivity index (χ1) is 31.3. The van der Waals surface area contributed by atoms with E-state index >= 15 is 0 Å². The number of nitrogens with zero attached hydrogens (tertiary/aromatic N) is 1. The molecule has 0 aromatic heterocycles. The second-order valence-corrected chi connectivity index (χ2v) is 17.0. The van der Waals surface area contributed by atoms with Gasteiger partial charge in [0.05, 0.1) is 6.61 Å². The predicted octanol–water partition coefficient (Wildman–Crippen LogP) is 7.34. The zero-order valence-electron chi connectivity index (χ0n) is 38.8. The van der Waals surface area contributed by atoms with Crippen LogP contribution in [0.15, 0.2) is 108 Å². The number of aliphatic imine (C=N–C) groups is 1. The average Bonchev–Trinajstić information content (AvgIpc) is 3.29. The van der Waals surface area contributed by atoms with E-state index in [1.54, 1.807) is 0 Å². The minimum absolute atomic E-state index is 0. The number of fused-ring (bicyclic) bond motifs is 2. The van der Waals surface area contributed by atoms with E-state index in [1.165, 1.54) is 0 Å². The van der Waals surface area contributed by atoms with E-state index < -0.39 is 48.4 Å². The number of rotatable bonds is 25. The Morgan fingerprint density at radius 3 is 1.73 bits per heavy atom. The van der Waals surface area contributed by atoms with Gasteiger partial charge in [-0.25, -0.2) is 4.79 Å². The van der Waals surface area contributed by atoms with E-state index in [1.807, 2.05) is 111 Å². The van der Waals surface area contributed by atoms with Crippen LogP contribution in [0.3, 0.4) is 0 Å². The van der Waals surface area contributed by atoms with Crippen molar-refractivity contribution in [3.05, 3.63) is 109 Å². The maximum absolute atomic E-state index is 14.1. The molecule has 3 amide bonds. The molecule has 0 radical (unpaired) electrons. The Morgan fingerprint density at radius 1 is 0.612 bits per heavy atom. The molecule has 3 atom stereocenters. The van der Waals surface area contributed by atoms with Gasteiger partial charge < -0.3 is 47.4 Å². The summed E-state index contributed by atoms with van der Waals surface area (Å²) in [6.45, 7) is 8.67. The molecule has 0 bridgehead atoms. The number of esters is 1. The third kappa shape index (κ3) is 16.9. The van der Waals surface area contributed by atoms with Gasteiger partial charge >= 0.3 is 5.97 Å². The number of carbonyl (C=O) groups is 4. The van der Waals surface area contributed by atoms with Crippen molar-refractivity contribution in [2.45, 2.75) is 91.0 Å². The molecule has 0 aliphatic heterocycles. The third-order valence-corrected chi connectivity index (χ3v) is 10.8. The number of halogens is 2. The summed E-state index contributed by atoms with van der Waals surface area (Å²) >= 11 is 0. The number of amides is 3. The molecule has 0 fully saturated rings. The molecule has 362 valence electrons. The molecule has 0 aliphatic rings. The maximum atomic E-state index is 14.1. The van der Waals surface area contributed by atoms with E-state index in [9.17, 15) is 19.2 Å². The van der Waals surface area contributed by atoms with Crippen LogP contribution >= 0.6 is 24.8 Å². The summed E-state index contributed by atoms with van der Waals surface area (Å²) in [6, 6.07) is 29.8. The Morgan fingerprint density at radius 2 is 1.16 bits per heavy atom. The van der Waals surface area contributed by atoms with Crippen molar-refractivity contribution in [3.8, 4) is 22.6 Å². The van der Waals surface area contributed by atoms with Crippen molar-refractivity contribution in [1.29, 1.82) is 0 Å². The molecule has 0 saturated carbocycles. The Balaban J connectivity index is 0.00000595. The van der Waals surface area contributed by atoms with Gasteiger partial charge in [0.25, 0.3) is 5.91 Å². The highest BCUT2D eigenvalue weighted by Gasteiger charge is 2.31. The number of carbonyl (C=O) groups excluding carboxylic acids is 4. The lowest BCUT2D eigenvalue weighted by molar-refractivity contribution is -0.150. The van der Waals surface area contributed by atoms with Gasteiger partial charge in [-0.05, 0) is 96.1 Å². The van der Waals surface area contributed by atoms with Gasteiger partial charge in [-0.3, -0.25) is 19.4 Å². The summed E-state index contributed by atoms with van der Waals surface area (Å²) < 4.78 is 18.4. The van der Waals surface area contributed by atoms with Crippen LogP contribution < -0.4 is 42.6 Å². The van der Waals surface area contributed by atoms with Crippen molar-refractivity contribution in [2.24, 2.45) is 34.0 Å². The summed E-state index contributed by atoms with van der Waals surface area (Å²) in [7, 11) is 0. The molecular weight excluding hydrogens is 894 g/mol. The number of hydrogen-bond acceptors (Lipinski definition) is 9. The maximum Gasteiger partial charge on any atom is 0.328 e. The number of ether oxygens (including phenoxy) is 3. The summed E-state index contributed by atoms with van der Waals surface area (Å²) in [5, 5.41) is 12.3. The molecule has 0 heterocycles. The summed E-state index contributed by atoms with van der Waals surface area (Å²) in [4.78, 5) is 59.3. The molecule has 0 unspecified atom stereocenters. The minimum atomic E-state index is -1.18. The van der Waals surface area contributed by atoms with E-state index in [-0.39, 0.29) is 69.1 Å². The van der Waals surface area contributed by atoms with Crippen LogP contribution in [0.1, 0.15) is 71.8 Å². The first kappa shape index (κ1) is 55.2. The summed E-state index contributed by atoms with van der Waals surface area (Å²) in [5.41, 5.74) is 19.4. The number of nitrogens with one attached hydrogen (secondary N) is 3. The first-order valence-electron chi connectivity index (χ1n) is 22.5. The van der Waals surface area contributed by atoms with Gasteiger partial charge in [0.1, 0.15) is 36.2 Å². The van der Waals surface area contributed by atoms with Crippen molar-refractivity contribution in [3.63, 3.8) is 0 Å². The largest absolute Gasteiger partial charge is 0.493 e. The SMILES string of the molecule is CC(C)CCOc1ccc2ccccc2c1-c1c(OCC(=O)N[C@H](CCCCN)C(=O)N[C@H](CCN=C(N)N)C(=O)N[C@@H](CC(C)C)C(=O)OCc2ccccc2)ccc2ccccc12.Cl.Cl.